The molecule has 5 nitrogen and oxygen atoms in total. The van der Waals surface area contributed by atoms with Crippen molar-refractivity contribution in [2.24, 2.45) is 11.7 Å². The van der Waals surface area contributed by atoms with Crippen LogP contribution in [0.2, 0.25) is 5.15 Å². The van der Waals surface area contributed by atoms with Crippen LogP contribution in [0.1, 0.15) is 20.3 Å². The lowest BCUT2D eigenvalue weighted by molar-refractivity contribution is -0.117. The van der Waals surface area contributed by atoms with Crippen LogP contribution in [0.3, 0.4) is 0 Å². The monoisotopic (exact) mass is 242 g/mol. The Morgan fingerprint density at radius 2 is 2.31 bits per heavy atom. The fraction of sp³-hybridized carbons (Fsp3) is 0.500. The van der Waals surface area contributed by atoms with E-state index < -0.39 is 6.04 Å². The van der Waals surface area contributed by atoms with E-state index in [1.165, 1.54) is 12.3 Å². The number of halogens is 1. The maximum atomic E-state index is 11.6. The second-order valence-electron chi connectivity index (χ2n) is 3.93. The molecule has 0 fully saturated rings. The summed E-state index contributed by atoms with van der Waals surface area (Å²) in [6, 6.07) is 0.980. The highest BCUT2D eigenvalue weighted by molar-refractivity contribution is 6.29. The van der Waals surface area contributed by atoms with Crippen molar-refractivity contribution in [2.45, 2.75) is 26.3 Å². The van der Waals surface area contributed by atoms with Gasteiger partial charge in [-0.25, -0.2) is 9.97 Å². The van der Waals surface area contributed by atoms with Crippen molar-refractivity contribution in [3.63, 3.8) is 0 Å². The van der Waals surface area contributed by atoms with Gasteiger partial charge in [-0.15, -0.1) is 0 Å². The van der Waals surface area contributed by atoms with Gasteiger partial charge in [0.1, 0.15) is 5.15 Å². The van der Waals surface area contributed by atoms with Gasteiger partial charge in [-0.2, -0.15) is 0 Å². The summed E-state index contributed by atoms with van der Waals surface area (Å²) in [5.74, 6) is 0.244. The molecule has 1 heterocycles. The second kappa shape index (κ2) is 5.77. The Bertz CT molecular complexity index is 370. The molecule has 3 N–H and O–H groups in total. The molecule has 0 aromatic carbocycles. The molecule has 0 radical (unpaired) electrons. The zero-order valence-electron chi connectivity index (χ0n) is 9.27. The van der Waals surface area contributed by atoms with Crippen LogP contribution in [-0.4, -0.2) is 21.9 Å². The van der Waals surface area contributed by atoms with Crippen molar-refractivity contribution in [1.29, 1.82) is 0 Å². The maximum absolute atomic E-state index is 11.6. The highest BCUT2D eigenvalue weighted by Gasteiger charge is 2.15. The molecule has 0 aliphatic carbocycles. The Hall–Kier alpha value is -1.20. The van der Waals surface area contributed by atoms with Crippen LogP contribution in [0.15, 0.2) is 12.3 Å². The summed E-state index contributed by atoms with van der Waals surface area (Å²) in [4.78, 5) is 19.3. The van der Waals surface area contributed by atoms with Gasteiger partial charge in [-0.05, 0) is 18.4 Å². The van der Waals surface area contributed by atoms with Crippen molar-refractivity contribution in [2.75, 3.05) is 5.32 Å². The van der Waals surface area contributed by atoms with Crippen molar-refractivity contribution < 1.29 is 4.79 Å². The van der Waals surface area contributed by atoms with Crippen LogP contribution in [0.25, 0.3) is 0 Å². The SMILES string of the molecule is CC(C)CC(N)C(=O)Nc1nccc(Cl)n1. The zero-order chi connectivity index (χ0) is 12.1. The van der Waals surface area contributed by atoms with E-state index in [1.54, 1.807) is 0 Å². The molecule has 1 atom stereocenters. The molecule has 0 bridgehead atoms. The third kappa shape index (κ3) is 4.12. The standard InChI is InChI=1S/C10H15ClN4O/c1-6(2)5-7(12)9(16)15-10-13-4-3-8(11)14-10/h3-4,6-7H,5,12H2,1-2H3,(H,13,14,15,16). The first-order chi connectivity index (χ1) is 7.49. The van der Waals surface area contributed by atoms with Gasteiger partial charge < -0.3 is 5.73 Å². The molecule has 0 saturated heterocycles. The van der Waals surface area contributed by atoms with E-state index in [4.69, 9.17) is 17.3 Å². The van der Waals surface area contributed by atoms with E-state index in [1.807, 2.05) is 13.8 Å². The summed E-state index contributed by atoms with van der Waals surface area (Å²) < 4.78 is 0. The van der Waals surface area contributed by atoms with Gasteiger partial charge in [-0.3, -0.25) is 10.1 Å². The number of nitrogens with two attached hydrogens (primary N) is 1. The minimum atomic E-state index is -0.553. The molecule has 1 unspecified atom stereocenters. The molecular weight excluding hydrogens is 228 g/mol. The largest absolute Gasteiger partial charge is 0.320 e. The average Bonchev–Trinajstić information content (AvgIpc) is 2.16. The Labute approximate surface area is 99.4 Å². The molecule has 0 spiro atoms. The first kappa shape index (κ1) is 12.9. The lowest BCUT2D eigenvalue weighted by Crippen LogP contribution is -2.37. The smallest absolute Gasteiger partial charge is 0.243 e. The molecular formula is C10H15ClN4O. The fourth-order valence-electron chi connectivity index (χ4n) is 1.21. The van der Waals surface area contributed by atoms with E-state index in [2.05, 4.69) is 15.3 Å². The molecule has 0 aliphatic heterocycles. The van der Waals surface area contributed by atoms with Gasteiger partial charge >= 0.3 is 0 Å². The number of hydrogen-bond donors (Lipinski definition) is 2. The molecule has 1 rings (SSSR count). The molecule has 1 amide bonds. The van der Waals surface area contributed by atoms with Gasteiger partial charge in [0.25, 0.3) is 0 Å². The molecule has 0 saturated carbocycles. The number of aromatic nitrogens is 2. The number of hydrogen-bond acceptors (Lipinski definition) is 4. The Morgan fingerprint density at radius 1 is 1.62 bits per heavy atom. The Balaban J connectivity index is 2.57. The summed E-state index contributed by atoms with van der Waals surface area (Å²) >= 11 is 5.66. The summed E-state index contributed by atoms with van der Waals surface area (Å²) in [6.45, 7) is 4.01. The van der Waals surface area contributed by atoms with Gasteiger partial charge in [0, 0.05) is 6.20 Å². The first-order valence-corrected chi connectivity index (χ1v) is 5.42. The average molecular weight is 243 g/mol. The van der Waals surface area contributed by atoms with Crippen LogP contribution in [-0.2, 0) is 4.79 Å². The predicted molar refractivity (Wildman–Crippen MR) is 63.1 cm³/mol. The number of carbonyl (C=O) groups is 1. The Kier molecular flexibility index (Phi) is 4.64. The highest BCUT2D eigenvalue weighted by Crippen LogP contribution is 2.08. The van der Waals surface area contributed by atoms with Gasteiger partial charge in [0.05, 0.1) is 6.04 Å². The van der Waals surface area contributed by atoms with E-state index in [0.717, 1.165) is 0 Å². The van der Waals surface area contributed by atoms with Crippen LogP contribution in [0.4, 0.5) is 5.95 Å². The van der Waals surface area contributed by atoms with Crippen LogP contribution < -0.4 is 11.1 Å². The van der Waals surface area contributed by atoms with Crippen LogP contribution >= 0.6 is 11.6 Å². The number of rotatable bonds is 4. The van der Waals surface area contributed by atoms with E-state index in [0.29, 0.717) is 12.3 Å². The number of nitrogens with one attached hydrogen (secondary N) is 1. The van der Waals surface area contributed by atoms with E-state index in [9.17, 15) is 4.79 Å². The third-order valence-corrected chi connectivity index (χ3v) is 2.13. The topological polar surface area (TPSA) is 80.9 Å². The highest BCUT2D eigenvalue weighted by atomic mass is 35.5. The maximum Gasteiger partial charge on any atom is 0.243 e. The first-order valence-electron chi connectivity index (χ1n) is 5.04. The summed E-state index contributed by atoms with van der Waals surface area (Å²) in [5, 5.41) is 2.80. The molecule has 88 valence electrons. The van der Waals surface area contributed by atoms with Crippen molar-refractivity contribution in [3.8, 4) is 0 Å². The van der Waals surface area contributed by atoms with E-state index >= 15 is 0 Å². The predicted octanol–water partition coefficient (Wildman–Crippen LogP) is 1.44. The number of anilines is 1. The van der Waals surface area contributed by atoms with Gasteiger partial charge in [0.2, 0.25) is 11.9 Å². The lowest BCUT2D eigenvalue weighted by atomic mass is 10.0. The van der Waals surface area contributed by atoms with Gasteiger partial charge in [0.15, 0.2) is 0 Å². The molecule has 0 aliphatic rings. The Morgan fingerprint density at radius 3 is 2.88 bits per heavy atom. The second-order valence-corrected chi connectivity index (χ2v) is 4.32. The summed E-state index contributed by atoms with van der Waals surface area (Å²) in [5.41, 5.74) is 5.70. The number of carbonyl (C=O) groups excluding carboxylic acids is 1. The van der Waals surface area contributed by atoms with Crippen LogP contribution in [0, 0.1) is 5.92 Å². The summed E-state index contributed by atoms with van der Waals surface area (Å²) in [7, 11) is 0. The van der Waals surface area contributed by atoms with Crippen LogP contribution in [0.5, 0.6) is 0 Å². The molecule has 1 aromatic rings. The third-order valence-electron chi connectivity index (χ3n) is 1.92. The molecule has 6 heteroatoms. The molecule has 16 heavy (non-hydrogen) atoms. The number of amides is 1. The quantitative estimate of drug-likeness (QED) is 0.783. The minimum absolute atomic E-state index is 0.178. The summed E-state index contributed by atoms with van der Waals surface area (Å²) in [6.07, 6.45) is 2.09. The van der Waals surface area contributed by atoms with Gasteiger partial charge in [-0.1, -0.05) is 25.4 Å². The zero-order valence-corrected chi connectivity index (χ0v) is 10.0. The van der Waals surface area contributed by atoms with Crippen molar-refractivity contribution in [3.05, 3.63) is 17.4 Å². The normalized spacial score (nSPS) is 12.6. The fourth-order valence-corrected chi connectivity index (χ4v) is 1.35. The van der Waals surface area contributed by atoms with E-state index in [-0.39, 0.29) is 17.0 Å². The van der Waals surface area contributed by atoms with Crippen molar-refractivity contribution >= 4 is 23.5 Å². The lowest BCUT2D eigenvalue weighted by Gasteiger charge is -2.13. The number of nitrogens with zero attached hydrogens (tertiary/aromatic N) is 2. The minimum Gasteiger partial charge on any atom is -0.320 e. The van der Waals surface area contributed by atoms with Crippen molar-refractivity contribution in [1.82, 2.24) is 9.97 Å². The molecule has 1 aromatic heterocycles.